The minimum Gasteiger partial charge on any atom is -0.343 e. The van der Waals surface area contributed by atoms with Gasteiger partial charge in [0.1, 0.15) is 5.82 Å². The van der Waals surface area contributed by atoms with Gasteiger partial charge in [0.15, 0.2) is 0 Å². The lowest BCUT2D eigenvalue weighted by atomic mass is 9.58. The first-order valence-electron chi connectivity index (χ1n) is 10.3. The zero-order valence-corrected chi connectivity index (χ0v) is 18.5. The van der Waals surface area contributed by atoms with E-state index >= 15 is 0 Å². The molecule has 11 heteroatoms. The molecule has 8 nitrogen and oxygen atoms in total. The summed E-state index contributed by atoms with van der Waals surface area (Å²) >= 11 is 6.12. The third-order valence-corrected chi connectivity index (χ3v) is 6.53. The minimum atomic E-state index is -1.29. The van der Waals surface area contributed by atoms with Gasteiger partial charge in [-0.05, 0) is 49.4 Å². The predicted octanol–water partition coefficient (Wildman–Crippen LogP) is 2.67. The van der Waals surface area contributed by atoms with E-state index < -0.39 is 11.4 Å². The molecule has 1 aliphatic carbocycles. The molecule has 1 aliphatic heterocycles. The Bertz CT molecular complexity index is 1200. The standard InChI is InChI=1S/C21H20B2ClN7O/c1-13-21(22,23)29(2)19(32)31(13)17-6-9-25-18(27-17)28-20(7-8-20)16-11-30(12-26-16)15-5-3-4-14(24)10-15/h3-6,9-13H,7-8H2,1-2H3,(H,25,27,28)/t13-/m0/s1. The van der Waals surface area contributed by atoms with Gasteiger partial charge in [-0.25, -0.2) is 14.8 Å². The molecule has 2 aromatic heterocycles. The number of carbonyl (C=O) groups excluding carboxylic acids is 1. The molecule has 0 bridgehead atoms. The molecule has 0 unspecified atom stereocenters. The SMILES string of the molecule is [B]C1([B])[C@H](C)N(c2ccnc(NC3(c4cn(-c5cccc(Cl)c5)cn4)CC3)n2)C(=O)N1C. The molecule has 1 saturated heterocycles. The van der Waals surface area contributed by atoms with E-state index in [0.29, 0.717) is 16.8 Å². The normalized spacial score (nSPS) is 21.1. The smallest absolute Gasteiger partial charge is 0.324 e. The number of hydrogen-bond acceptors (Lipinski definition) is 5. The molecule has 0 spiro atoms. The second-order valence-electron chi connectivity index (χ2n) is 8.37. The summed E-state index contributed by atoms with van der Waals surface area (Å²) in [6, 6.07) is 8.48. The van der Waals surface area contributed by atoms with Crippen molar-refractivity contribution < 1.29 is 4.79 Å². The van der Waals surface area contributed by atoms with Gasteiger partial charge in [0.05, 0.1) is 33.3 Å². The average molecular weight is 444 g/mol. The predicted molar refractivity (Wildman–Crippen MR) is 124 cm³/mol. The van der Waals surface area contributed by atoms with Crippen LogP contribution in [0.25, 0.3) is 5.69 Å². The third kappa shape index (κ3) is 3.33. The van der Waals surface area contributed by atoms with Crippen molar-refractivity contribution in [2.75, 3.05) is 17.3 Å². The Labute approximate surface area is 193 Å². The number of imidazole rings is 1. The number of nitrogens with one attached hydrogen (secondary N) is 1. The van der Waals surface area contributed by atoms with Crippen molar-refractivity contribution in [2.45, 2.75) is 36.7 Å². The maximum atomic E-state index is 12.7. The average Bonchev–Trinajstić information content (AvgIpc) is 3.32. The summed E-state index contributed by atoms with van der Waals surface area (Å²) in [5, 5.41) is 2.78. The zero-order chi connectivity index (χ0) is 22.7. The largest absolute Gasteiger partial charge is 0.343 e. The molecule has 4 radical (unpaired) electrons. The van der Waals surface area contributed by atoms with Crippen LogP contribution < -0.4 is 10.2 Å². The van der Waals surface area contributed by atoms with Gasteiger partial charge < -0.3 is 14.8 Å². The number of carbonyl (C=O) groups is 1. The monoisotopic (exact) mass is 443 g/mol. The second-order valence-corrected chi connectivity index (χ2v) is 8.80. The van der Waals surface area contributed by atoms with Crippen molar-refractivity contribution in [3.05, 3.63) is 59.8 Å². The van der Waals surface area contributed by atoms with Crippen LogP contribution in [0.5, 0.6) is 0 Å². The number of benzene rings is 1. The molecule has 3 heterocycles. The Kier molecular flexibility index (Phi) is 4.74. The lowest BCUT2D eigenvalue weighted by molar-refractivity contribution is 0.222. The lowest BCUT2D eigenvalue weighted by Gasteiger charge is -2.31. The molecular formula is C21H20B2ClN7O. The van der Waals surface area contributed by atoms with Gasteiger partial charge in [-0.1, -0.05) is 17.7 Å². The van der Waals surface area contributed by atoms with E-state index in [1.165, 1.54) is 9.80 Å². The first-order valence-corrected chi connectivity index (χ1v) is 10.7. The van der Waals surface area contributed by atoms with Gasteiger partial charge >= 0.3 is 6.03 Å². The Hall–Kier alpha value is -3.00. The second kappa shape index (κ2) is 7.27. The number of hydrogen-bond donors (Lipinski definition) is 1. The van der Waals surface area contributed by atoms with Crippen LogP contribution in [0.15, 0.2) is 49.1 Å². The molecule has 158 valence electrons. The van der Waals surface area contributed by atoms with Crippen molar-refractivity contribution in [1.82, 2.24) is 24.4 Å². The van der Waals surface area contributed by atoms with Gasteiger partial charge in [-0.3, -0.25) is 4.90 Å². The first-order chi connectivity index (χ1) is 15.2. The maximum absolute atomic E-state index is 12.7. The molecule has 2 fully saturated rings. The van der Waals surface area contributed by atoms with Crippen LogP contribution in [0.4, 0.5) is 16.6 Å². The molecule has 1 aromatic carbocycles. The molecule has 2 aliphatic rings. The fourth-order valence-corrected chi connectivity index (χ4v) is 4.14. The number of anilines is 2. The van der Waals surface area contributed by atoms with Crippen molar-refractivity contribution in [1.29, 1.82) is 0 Å². The summed E-state index contributed by atoms with van der Waals surface area (Å²) in [5.41, 5.74) is 1.47. The van der Waals surface area contributed by atoms with Crippen molar-refractivity contribution >= 4 is 45.1 Å². The van der Waals surface area contributed by atoms with Crippen LogP contribution in [-0.2, 0) is 5.54 Å². The summed E-state index contributed by atoms with van der Waals surface area (Å²) in [7, 11) is 13.8. The fraction of sp³-hybridized carbons (Fsp3) is 0.333. The molecule has 32 heavy (non-hydrogen) atoms. The summed E-state index contributed by atoms with van der Waals surface area (Å²) in [5.74, 6) is 0.844. The molecular weight excluding hydrogens is 423 g/mol. The molecule has 1 saturated carbocycles. The molecule has 3 aromatic rings. The molecule has 5 rings (SSSR count). The van der Waals surface area contributed by atoms with Crippen LogP contribution in [-0.4, -0.2) is 64.6 Å². The number of nitrogens with zero attached hydrogens (tertiary/aromatic N) is 6. The van der Waals surface area contributed by atoms with Crippen LogP contribution in [0, 0.1) is 0 Å². The molecule has 1 N–H and O–H groups in total. The number of aromatic nitrogens is 4. The van der Waals surface area contributed by atoms with E-state index in [9.17, 15) is 4.79 Å². The van der Waals surface area contributed by atoms with Gasteiger partial charge in [-0.15, -0.1) is 0 Å². The number of urea groups is 1. The highest BCUT2D eigenvalue weighted by molar-refractivity contribution is 6.43. The van der Waals surface area contributed by atoms with E-state index in [1.807, 2.05) is 35.0 Å². The van der Waals surface area contributed by atoms with Gasteiger partial charge in [-0.2, -0.15) is 4.98 Å². The van der Waals surface area contributed by atoms with E-state index in [4.69, 9.17) is 27.3 Å². The van der Waals surface area contributed by atoms with E-state index in [0.717, 1.165) is 24.2 Å². The number of amides is 2. The Balaban J connectivity index is 1.39. The first kappa shape index (κ1) is 20.9. The van der Waals surface area contributed by atoms with E-state index in [-0.39, 0.29) is 11.6 Å². The van der Waals surface area contributed by atoms with E-state index in [2.05, 4.69) is 20.3 Å². The van der Waals surface area contributed by atoms with Crippen molar-refractivity contribution in [3.8, 4) is 5.69 Å². The highest BCUT2D eigenvalue weighted by atomic mass is 35.5. The highest BCUT2D eigenvalue weighted by Crippen LogP contribution is 2.47. The molecule has 1 atom stereocenters. The zero-order valence-electron chi connectivity index (χ0n) is 17.7. The quantitative estimate of drug-likeness (QED) is 0.614. The minimum absolute atomic E-state index is 0.312. The van der Waals surface area contributed by atoms with Gasteiger partial charge in [0.2, 0.25) is 5.95 Å². The number of rotatable bonds is 5. The van der Waals surface area contributed by atoms with Crippen LogP contribution in [0.1, 0.15) is 25.5 Å². The van der Waals surface area contributed by atoms with Crippen LogP contribution in [0.3, 0.4) is 0 Å². The third-order valence-electron chi connectivity index (χ3n) is 6.30. The number of likely N-dealkylation sites (N-methyl/N-ethyl adjacent to an activating group) is 1. The Morgan fingerprint density at radius 2 is 2.00 bits per heavy atom. The lowest BCUT2D eigenvalue weighted by Crippen LogP contribution is -2.50. The van der Waals surface area contributed by atoms with E-state index in [1.54, 1.807) is 32.6 Å². The van der Waals surface area contributed by atoms with Crippen molar-refractivity contribution in [2.24, 2.45) is 0 Å². The van der Waals surface area contributed by atoms with Crippen LogP contribution in [0.2, 0.25) is 5.02 Å². The summed E-state index contributed by atoms with van der Waals surface area (Å²) in [4.78, 5) is 29.1. The summed E-state index contributed by atoms with van der Waals surface area (Å²) in [6.07, 6.45) is 7.14. The maximum Gasteiger partial charge on any atom is 0.324 e. The van der Waals surface area contributed by atoms with Gasteiger partial charge in [0.25, 0.3) is 0 Å². The van der Waals surface area contributed by atoms with Gasteiger partial charge in [0, 0.05) is 36.2 Å². The van der Waals surface area contributed by atoms with Crippen LogP contribution >= 0.6 is 11.6 Å². The Morgan fingerprint density at radius 1 is 1.22 bits per heavy atom. The molecule has 2 amide bonds. The Morgan fingerprint density at radius 3 is 2.66 bits per heavy atom. The highest BCUT2D eigenvalue weighted by Gasteiger charge is 2.49. The summed E-state index contributed by atoms with van der Waals surface area (Å²) in [6.45, 7) is 1.79. The fourth-order valence-electron chi connectivity index (χ4n) is 3.95. The topological polar surface area (TPSA) is 79.2 Å². The summed E-state index contributed by atoms with van der Waals surface area (Å²) < 4.78 is 1.93. The van der Waals surface area contributed by atoms with Crippen molar-refractivity contribution in [3.63, 3.8) is 0 Å². The number of halogens is 1.